The molecule has 0 aromatic heterocycles. The first-order valence-electron chi connectivity index (χ1n) is 4.16. The van der Waals surface area contributed by atoms with Gasteiger partial charge in [0.25, 0.3) is 0 Å². The predicted octanol–water partition coefficient (Wildman–Crippen LogP) is 2.27. The zero-order valence-electron chi connectivity index (χ0n) is 7.71. The van der Waals surface area contributed by atoms with E-state index in [1.165, 1.54) is 7.11 Å². The lowest BCUT2D eigenvalue weighted by Gasteiger charge is -2.01. The summed E-state index contributed by atoms with van der Waals surface area (Å²) in [6.07, 6.45) is 3.64. The topological polar surface area (TPSA) is 38.7 Å². The molecule has 0 saturated carbocycles. The summed E-state index contributed by atoms with van der Waals surface area (Å²) < 4.78 is 5.44. The second-order valence-corrected chi connectivity index (χ2v) is 4.00. The molecule has 4 heteroatoms. The van der Waals surface area contributed by atoms with Gasteiger partial charge in [-0.3, -0.25) is 4.99 Å². The second kappa shape index (κ2) is 4.56. The maximum atomic E-state index is 11.2. The minimum absolute atomic E-state index is 0.378. The number of aliphatic imine (C=N–C) groups is 1. The average Bonchev–Trinajstić information content (AvgIpc) is 2.28. The number of hydrogen-bond acceptors (Lipinski definition) is 3. The third-order valence-corrected chi connectivity index (χ3v) is 2.69. The molecule has 0 fully saturated rings. The zero-order chi connectivity index (χ0) is 9.84. The van der Waals surface area contributed by atoms with Crippen molar-refractivity contribution in [3.8, 4) is 0 Å². The molecule has 1 unspecified atom stereocenters. The number of methoxy groups -OCH3 is 1. The van der Waals surface area contributed by atoms with Crippen LogP contribution in [-0.2, 0) is 9.53 Å². The fourth-order valence-corrected chi connectivity index (χ4v) is 1.57. The highest BCUT2D eigenvalue weighted by Gasteiger charge is 2.16. The van der Waals surface area contributed by atoms with E-state index in [-0.39, 0.29) is 5.97 Å². The lowest BCUT2D eigenvalue weighted by atomic mass is 10.1. The number of rotatable bonds is 1. The molecular weight excluding hydrogens is 234 g/mol. The Hall–Kier alpha value is -0.640. The highest BCUT2D eigenvalue weighted by Crippen LogP contribution is 2.25. The van der Waals surface area contributed by atoms with Crippen LogP contribution in [0, 0.1) is 5.92 Å². The summed E-state index contributed by atoms with van der Waals surface area (Å²) >= 11 is 3.34. The van der Waals surface area contributed by atoms with Crippen molar-refractivity contribution < 1.29 is 9.53 Å². The maximum absolute atomic E-state index is 11.2. The smallest absolute Gasteiger partial charge is 0.357 e. The van der Waals surface area contributed by atoms with E-state index in [0.717, 1.165) is 17.3 Å². The molecule has 0 aliphatic carbocycles. The van der Waals surface area contributed by atoms with Gasteiger partial charge in [-0.1, -0.05) is 22.9 Å². The SMILES string of the molecule is COC(=O)C1=C(Br)CCC(C)C=N1. The Balaban J connectivity index is 2.88. The van der Waals surface area contributed by atoms with E-state index in [1.54, 1.807) is 6.21 Å². The molecule has 1 aliphatic rings. The third kappa shape index (κ3) is 2.66. The van der Waals surface area contributed by atoms with E-state index in [2.05, 4.69) is 32.6 Å². The van der Waals surface area contributed by atoms with Gasteiger partial charge in [0, 0.05) is 10.7 Å². The summed E-state index contributed by atoms with van der Waals surface area (Å²) in [5, 5.41) is 0. The standard InChI is InChI=1S/C9H12BrNO2/c1-6-3-4-7(10)8(11-5-6)9(12)13-2/h5-6H,3-4H2,1-2H3. The van der Waals surface area contributed by atoms with E-state index >= 15 is 0 Å². The number of carbonyl (C=O) groups excluding carboxylic acids is 1. The van der Waals surface area contributed by atoms with Crippen molar-refractivity contribution in [1.29, 1.82) is 0 Å². The van der Waals surface area contributed by atoms with Crippen LogP contribution in [0.25, 0.3) is 0 Å². The Morgan fingerprint density at radius 1 is 1.77 bits per heavy atom. The van der Waals surface area contributed by atoms with Crippen molar-refractivity contribution in [3.63, 3.8) is 0 Å². The number of carbonyl (C=O) groups is 1. The summed E-state index contributed by atoms with van der Waals surface area (Å²) in [6, 6.07) is 0. The first-order chi connectivity index (χ1) is 6.15. The second-order valence-electron chi connectivity index (χ2n) is 3.04. The predicted molar refractivity (Wildman–Crippen MR) is 54.9 cm³/mol. The number of nitrogens with zero attached hydrogens (tertiary/aromatic N) is 1. The Morgan fingerprint density at radius 3 is 3.08 bits per heavy atom. The van der Waals surface area contributed by atoms with Crippen LogP contribution in [0.3, 0.4) is 0 Å². The first kappa shape index (κ1) is 10.4. The Labute approximate surface area is 86.0 Å². The minimum atomic E-state index is -0.378. The fraction of sp³-hybridized carbons (Fsp3) is 0.556. The van der Waals surface area contributed by atoms with Gasteiger partial charge in [0.2, 0.25) is 0 Å². The number of ether oxygens (including phenoxy) is 1. The first-order valence-corrected chi connectivity index (χ1v) is 4.95. The molecular formula is C9H12BrNO2. The highest BCUT2D eigenvalue weighted by atomic mass is 79.9. The molecule has 0 aromatic rings. The number of esters is 1. The molecule has 1 heterocycles. The van der Waals surface area contributed by atoms with Gasteiger partial charge in [-0.15, -0.1) is 0 Å². The molecule has 1 rings (SSSR count). The molecule has 0 spiro atoms. The molecule has 0 aromatic carbocycles. The Morgan fingerprint density at radius 2 is 2.46 bits per heavy atom. The van der Waals surface area contributed by atoms with Gasteiger partial charge in [-0.25, -0.2) is 4.79 Å². The summed E-state index contributed by atoms with van der Waals surface area (Å²) in [6.45, 7) is 2.07. The van der Waals surface area contributed by atoms with Crippen molar-refractivity contribution in [3.05, 3.63) is 10.2 Å². The van der Waals surface area contributed by atoms with Crippen LogP contribution in [0.15, 0.2) is 15.2 Å². The van der Waals surface area contributed by atoms with Gasteiger partial charge in [-0.05, 0) is 18.8 Å². The molecule has 0 N–H and O–H groups in total. The normalized spacial score (nSPS) is 22.8. The fourth-order valence-electron chi connectivity index (χ4n) is 1.08. The molecule has 3 nitrogen and oxygen atoms in total. The lowest BCUT2D eigenvalue weighted by molar-refractivity contribution is -0.136. The minimum Gasteiger partial charge on any atom is -0.464 e. The number of allylic oxidation sites excluding steroid dienone is 1. The van der Waals surface area contributed by atoms with Gasteiger partial charge in [0.05, 0.1) is 7.11 Å². The van der Waals surface area contributed by atoms with Crippen LogP contribution in [0.1, 0.15) is 19.8 Å². The molecule has 0 saturated heterocycles. The molecule has 13 heavy (non-hydrogen) atoms. The largest absolute Gasteiger partial charge is 0.464 e. The van der Waals surface area contributed by atoms with Crippen LogP contribution in [0.4, 0.5) is 0 Å². The average molecular weight is 246 g/mol. The van der Waals surface area contributed by atoms with Crippen molar-refractivity contribution in [2.24, 2.45) is 10.9 Å². The molecule has 1 atom stereocenters. The van der Waals surface area contributed by atoms with E-state index < -0.39 is 0 Å². The Bertz CT molecular complexity index is 271. The molecule has 1 aliphatic heterocycles. The van der Waals surface area contributed by atoms with Gasteiger partial charge >= 0.3 is 5.97 Å². The van der Waals surface area contributed by atoms with Gasteiger partial charge in [0.15, 0.2) is 5.70 Å². The van der Waals surface area contributed by atoms with Crippen molar-refractivity contribution >= 4 is 28.1 Å². The van der Waals surface area contributed by atoms with E-state index in [1.807, 2.05) is 0 Å². The molecule has 0 amide bonds. The van der Waals surface area contributed by atoms with E-state index in [9.17, 15) is 4.79 Å². The van der Waals surface area contributed by atoms with Crippen LogP contribution >= 0.6 is 15.9 Å². The summed E-state index contributed by atoms with van der Waals surface area (Å²) in [5.74, 6) is 0.0342. The van der Waals surface area contributed by atoms with Gasteiger partial charge < -0.3 is 4.74 Å². The Kier molecular flexibility index (Phi) is 3.66. The van der Waals surface area contributed by atoms with Crippen molar-refractivity contribution in [2.75, 3.05) is 7.11 Å². The van der Waals surface area contributed by atoms with Crippen LogP contribution < -0.4 is 0 Å². The van der Waals surface area contributed by atoms with E-state index in [4.69, 9.17) is 0 Å². The van der Waals surface area contributed by atoms with E-state index in [0.29, 0.717) is 11.6 Å². The lowest BCUT2D eigenvalue weighted by Crippen LogP contribution is -2.04. The van der Waals surface area contributed by atoms with Crippen LogP contribution in [0.5, 0.6) is 0 Å². The number of halogens is 1. The monoisotopic (exact) mass is 245 g/mol. The molecule has 72 valence electrons. The number of hydrogen-bond donors (Lipinski definition) is 0. The summed E-state index contributed by atoms with van der Waals surface area (Å²) in [7, 11) is 1.36. The van der Waals surface area contributed by atoms with Crippen molar-refractivity contribution in [2.45, 2.75) is 19.8 Å². The van der Waals surface area contributed by atoms with Crippen LogP contribution in [-0.4, -0.2) is 19.3 Å². The van der Waals surface area contributed by atoms with Crippen LogP contribution in [0.2, 0.25) is 0 Å². The third-order valence-electron chi connectivity index (χ3n) is 1.91. The summed E-state index contributed by atoms with van der Waals surface area (Å²) in [4.78, 5) is 15.3. The highest BCUT2D eigenvalue weighted by molar-refractivity contribution is 9.11. The summed E-state index contributed by atoms with van der Waals surface area (Å²) in [5.41, 5.74) is 0.395. The van der Waals surface area contributed by atoms with Crippen molar-refractivity contribution in [1.82, 2.24) is 0 Å². The maximum Gasteiger partial charge on any atom is 0.357 e. The van der Waals surface area contributed by atoms with Gasteiger partial charge in [0.1, 0.15) is 0 Å². The van der Waals surface area contributed by atoms with Gasteiger partial charge in [-0.2, -0.15) is 0 Å². The molecule has 0 bridgehead atoms. The zero-order valence-corrected chi connectivity index (χ0v) is 9.30. The quantitative estimate of drug-likeness (QED) is 0.665. The molecule has 0 radical (unpaired) electrons.